The Balaban J connectivity index is 1.66. The van der Waals surface area contributed by atoms with Gasteiger partial charge in [-0.2, -0.15) is 0 Å². The van der Waals surface area contributed by atoms with Gasteiger partial charge in [0.2, 0.25) is 5.91 Å². The van der Waals surface area contributed by atoms with Gasteiger partial charge in [-0.1, -0.05) is 19.8 Å². The van der Waals surface area contributed by atoms with Crippen molar-refractivity contribution in [1.29, 1.82) is 0 Å². The van der Waals surface area contributed by atoms with Crippen LogP contribution in [0.5, 0.6) is 0 Å². The predicted molar refractivity (Wildman–Crippen MR) is 122 cm³/mol. The summed E-state index contributed by atoms with van der Waals surface area (Å²) in [6.07, 6.45) is 10.2. The first-order valence-electron chi connectivity index (χ1n) is 10.8. The molecule has 0 saturated heterocycles. The molecule has 0 spiro atoms. The highest BCUT2D eigenvalue weighted by Gasteiger charge is 2.22. The third-order valence-electron chi connectivity index (χ3n) is 5.13. The maximum Gasteiger partial charge on any atom is 0.252 e. The number of unbranched alkanes of at least 4 members (excludes halogenated alkanes) is 2. The van der Waals surface area contributed by atoms with E-state index in [1.165, 1.54) is 0 Å². The number of benzene rings is 1. The number of hydrogen-bond acceptors (Lipinski definition) is 6. The maximum absolute atomic E-state index is 12.9. The molecule has 1 aromatic carbocycles. The molecule has 1 atom stereocenters. The average Bonchev–Trinajstić information content (AvgIpc) is 2.83. The number of ketones is 1. The van der Waals surface area contributed by atoms with Gasteiger partial charge in [-0.25, -0.2) is 0 Å². The molecule has 0 saturated carbocycles. The van der Waals surface area contributed by atoms with Gasteiger partial charge in [0.1, 0.15) is 11.8 Å². The molecule has 2 aromatic heterocycles. The Kier molecular flexibility index (Phi) is 8.36. The highest BCUT2D eigenvalue weighted by Crippen LogP contribution is 2.14. The summed E-state index contributed by atoms with van der Waals surface area (Å²) in [6, 6.07) is 7.80. The van der Waals surface area contributed by atoms with E-state index in [2.05, 4.69) is 25.6 Å². The summed E-state index contributed by atoms with van der Waals surface area (Å²) in [7, 11) is 0. The molecule has 8 heteroatoms. The van der Waals surface area contributed by atoms with Crippen molar-refractivity contribution in [1.82, 2.24) is 20.3 Å². The summed E-state index contributed by atoms with van der Waals surface area (Å²) in [5, 5.41) is 5.65. The van der Waals surface area contributed by atoms with Crippen molar-refractivity contribution in [3.05, 3.63) is 60.7 Å². The van der Waals surface area contributed by atoms with E-state index in [1.54, 1.807) is 55.1 Å². The second kappa shape index (κ2) is 11.6. The maximum atomic E-state index is 12.9. The fraction of sp³-hybridized carbons (Fsp3) is 0.333. The summed E-state index contributed by atoms with van der Waals surface area (Å²) >= 11 is 0. The van der Waals surface area contributed by atoms with Crippen LogP contribution in [-0.4, -0.2) is 38.6 Å². The molecule has 2 heterocycles. The molecule has 3 aromatic rings. The van der Waals surface area contributed by atoms with Crippen molar-refractivity contribution < 1.29 is 14.4 Å². The molecule has 8 nitrogen and oxygen atoms in total. The largest absolute Gasteiger partial charge is 0.340 e. The molecular weight excluding hydrogens is 406 g/mol. The quantitative estimate of drug-likeness (QED) is 0.446. The van der Waals surface area contributed by atoms with Crippen molar-refractivity contribution >= 4 is 34.3 Å². The van der Waals surface area contributed by atoms with E-state index in [0.717, 1.165) is 12.8 Å². The van der Waals surface area contributed by atoms with Crippen LogP contribution in [0.4, 0.5) is 5.69 Å². The lowest BCUT2D eigenvalue weighted by atomic mass is 10.0. The van der Waals surface area contributed by atoms with Crippen molar-refractivity contribution in [2.75, 3.05) is 5.32 Å². The molecule has 0 unspecified atom stereocenters. The monoisotopic (exact) mass is 433 g/mol. The number of nitrogens with one attached hydrogen (secondary N) is 2. The molecule has 0 aliphatic rings. The molecule has 0 radical (unpaired) electrons. The van der Waals surface area contributed by atoms with E-state index in [9.17, 15) is 14.4 Å². The van der Waals surface area contributed by atoms with E-state index < -0.39 is 6.04 Å². The van der Waals surface area contributed by atoms with Crippen molar-refractivity contribution in [2.24, 2.45) is 0 Å². The summed E-state index contributed by atoms with van der Waals surface area (Å²) in [4.78, 5) is 49.7. The molecule has 166 valence electrons. The molecule has 2 amide bonds. The fourth-order valence-electron chi connectivity index (χ4n) is 3.31. The van der Waals surface area contributed by atoms with E-state index in [-0.39, 0.29) is 17.6 Å². The zero-order valence-corrected chi connectivity index (χ0v) is 18.1. The Bertz CT molecular complexity index is 1070. The predicted octanol–water partition coefficient (Wildman–Crippen LogP) is 3.69. The van der Waals surface area contributed by atoms with Crippen LogP contribution in [0.1, 0.15) is 55.8 Å². The summed E-state index contributed by atoms with van der Waals surface area (Å²) in [6.45, 7) is 1.86. The third-order valence-corrected chi connectivity index (χ3v) is 5.13. The Morgan fingerprint density at radius 2 is 1.78 bits per heavy atom. The van der Waals surface area contributed by atoms with Crippen LogP contribution < -0.4 is 10.6 Å². The van der Waals surface area contributed by atoms with Gasteiger partial charge in [0.05, 0.1) is 22.9 Å². The molecule has 0 fully saturated rings. The minimum Gasteiger partial charge on any atom is -0.340 e. The number of carbonyl (C=O) groups is 3. The Morgan fingerprint density at radius 1 is 0.969 bits per heavy atom. The standard InChI is InChI=1S/C24H27N5O3/c1-2-19(30)8-4-3-5-9-21(24(32)28-18-7-6-12-25-16-18)29-23(31)17-10-11-20-22(15-17)27-14-13-26-20/h6-7,10-16,21H,2-5,8-9H2,1H3,(H,28,32)(H,29,31)/t21-/m0/s1. The highest BCUT2D eigenvalue weighted by molar-refractivity contribution is 6.02. The SMILES string of the molecule is CCC(=O)CCCCC[C@H](NC(=O)c1ccc2nccnc2c1)C(=O)Nc1cccnc1. The number of pyridine rings is 1. The van der Waals surface area contributed by atoms with Crippen LogP contribution >= 0.6 is 0 Å². The zero-order valence-electron chi connectivity index (χ0n) is 18.1. The van der Waals surface area contributed by atoms with Crippen LogP contribution in [0.2, 0.25) is 0 Å². The molecule has 0 bridgehead atoms. The van der Waals surface area contributed by atoms with E-state index in [1.807, 2.05) is 6.92 Å². The second-order valence-electron chi connectivity index (χ2n) is 7.51. The van der Waals surface area contributed by atoms with Gasteiger partial charge in [0.15, 0.2) is 0 Å². The van der Waals surface area contributed by atoms with Gasteiger partial charge in [0, 0.05) is 37.0 Å². The van der Waals surface area contributed by atoms with Crippen LogP contribution in [0.15, 0.2) is 55.1 Å². The smallest absolute Gasteiger partial charge is 0.252 e. The Hall–Kier alpha value is -3.68. The molecule has 0 aliphatic heterocycles. The number of rotatable bonds is 11. The number of Topliss-reactive ketones (excluding diaryl/α,β-unsaturated/α-hetero) is 1. The van der Waals surface area contributed by atoms with Gasteiger partial charge < -0.3 is 10.6 Å². The first kappa shape index (κ1) is 23.0. The number of amides is 2. The second-order valence-corrected chi connectivity index (χ2v) is 7.51. The number of fused-ring (bicyclic) bond motifs is 1. The Labute approximate surface area is 186 Å². The third kappa shape index (κ3) is 6.66. The van der Waals surface area contributed by atoms with Gasteiger partial charge >= 0.3 is 0 Å². The molecule has 3 rings (SSSR count). The minimum absolute atomic E-state index is 0.239. The van der Waals surface area contributed by atoms with E-state index >= 15 is 0 Å². The van der Waals surface area contributed by atoms with Gasteiger partial charge in [-0.15, -0.1) is 0 Å². The summed E-state index contributed by atoms with van der Waals surface area (Å²) in [5.74, 6) is -0.426. The van der Waals surface area contributed by atoms with Gasteiger partial charge in [-0.3, -0.25) is 29.3 Å². The minimum atomic E-state index is -0.720. The van der Waals surface area contributed by atoms with Gasteiger partial charge in [0.25, 0.3) is 5.91 Å². The lowest BCUT2D eigenvalue weighted by Gasteiger charge is -2.18. The van der Waals surface area contributed by atoms with E-state index in [0.29, 0.717) is 48.0 Å². The van der Waals surface area contributed by atoms with Crippen LogP contribution in [0.25, 0.3) is 11.0 Å². The topological polar surface area (TPSA) is 114 Å². The average molecular weight is 434 g/mol. The first-order chi connectivity index (χ1) is 15.6. The van der Waals surface area contributed by atoms with Crippen molar-refractivity contribution in [3.8, 4) is 0 Å². The normalized spacial score (nSPS) is 11.7. The summed E-state index contributed by atoms with van der Waals surface area (Å²) < 4.78 is 0. The van der Waals surface area contributed by atoms with Gasteiger partial charge in [-0.05, 0) is 43.2 Å². The number of carbonyl (C=O) groups excluding carboxylic acids is 3. The van der Waals surface area contributed by atoms with Crippen LogP contribution in [0.3, 0.4) is 0 Å². The lowest BCUT2D eigenvalue weighted by molar-refractivity contribution is -0.119. The fourth-order valence-corrected chi connectivity index (χ4v) is 3.31. The van der Waals surface area contributed by atoms with Crippen LogP contribution in [-0.2, 0) is 9.59 Å². The Morgan fingerprint density at radius 3 is 2.53 bits per heavy atom. The molecular formula is C24H27N5O3. The first-order valence-corrected chi connectivity index (χ1v) is 10.8. The van der Waals surface area contributed by atoms with Crippen LogP contribution in [0, 0.1) is 0 Å². The number of hydrogen-bond donors (Lipinski definition) is 2. The summed E-state index contributed by atoms with van der Waals surface area (Å²) in [5.41, 5.74) is 2.27. The number of anilines is 1. The number of nitrogens with zero attached hydrogens (tertiary/aromatic N) is 3. The zero-order chi connectivity index (χ0) is 22.8. The molecule has 32 heavy (non-hydrogen) atoms. The number of aromatic nitrogens is 3. The van der Waals surface area contributed by atoms with Crippen molar-refractivity contribution in [3.63, 3.8) is 0 Å². The molecule has 0 aliphatic carbocycles. The molecule has 2 N–H and O–H groups in total. The lowest BCUT2D eigenvalue weighted by Crippen LogP contribution is -2.43. The highest BCUT2D eigenvalue weighted by atomic mass is 16.2. The van der Waals surface area contributed by atoms with Crippen molar-refractivity contribution in [2.45, 2.75) is 51.5 Å². The van der Waals surface area contributed by atoms with E-state index in [4.69, 9.17) is 0 Å².